The van der Waals surface area contributed by atoms with Crippen LogP contribution in [0.4, 0.5) is 0 Å². The van der Waals surface area contributed by atoms with E-state index < -0.39 is 6.04 Å². The van der Waals surface area contributed by atoms with Crippen molar-refractivity contribution in [2.24, 2.45) is 0 Å². The van der Waals surface area contributed by atoms with Gasteiger partial charge in [0.1, 0.15) is 11.8 Å². The Labute approximate surface area is 193 Å². The first-order valence-corrected chi connectivity index (χ1v) is 11.4. The predicted molar refractivity (Wildman–Crippen MR) is 130 cm³/mol. The summed E-state index contributed by atoms with van der Waals surface area (Å²) in [6, 6.07) is 15.3. The summed E-state index contributed by atoms with van der Waals surface area (Å²) in [5, 5.41) is 2.98. The third-order valence-electron chi connectivity index (χ3n) is 5.72. The minimum Gasteiger partial charge on any atom is -0.484 e. The highest BCUT2D eigenvalue weighted by atomic mass is 16.5. The number of aryl methyl sites for hydroxylation is 1. The third-order valence-corrected chi connectivity index (χ3v) is 5.72. The molecule has 1 N–H and O–H groups in total. The van der Waals surface area contributed by atoms with Gasteiger partial charge in [0.15, 0.2) is 6.61 Å². The number of carbonyl (C=O) groups excluding carboxylic acids is 2. The van der Waals surface area contributed by atoms with E-state index in [9.17, 15) is 9.59 Å². The fraction of sp³-hybridized carbons (Fsp3) is 0.481. The van der Waals surface area contributed by atoms with Gasteiger partial charge in [-0.3, -0.25) is 9.59 Å². The Bertz CT molecular complexity index is 883. The average Bonchev–Trinajstić information content (AvgIpc) is 2.76. The summed E-state index contributed by atoms with van der Waals surface area (Å²) in [7, 11) is 0. The number of hydrogen-bond donors (Lipinski definition) is 1. The molecule has 0 spiro atoms. The van der Waals surface area contributed by atoms with Crippen molar-refractivity contribution >= 4 is 11.8 Å². The van der Waals surface area contributed by atoms with E-state index in [1.54, 1.807) is 11.8 Å². The van der Waals surface area contributed by atoms with Crippen molar-refractivity contribution in [2.45, 2.75) is 78.9 Å². The predicted octanol–water partition coefficient (Wildman–Crippen LogP) is 5.00. The number of benzene rings is 2. The second-order valence-electron chi connectivity index (χ2n) is 9.56. The third kappa shape index (κ3) is 7.40. The van der Waals surface area contributed by atoms with E-state index in [4.69, 9.17) is 4.74 Å². The Kier molecular flexibility index (Phi) is 8.88. The van der Waals surface area contributed by atoms with Gasteiger partial charge >= 0.3 is 0 Å². The van der Waals surface area contributed by atoms with Crippen LogP contribution in [0.5, 0.6) is 5.75 Å². The lowest BCUT2D eigenvalue weighted by Gasteiger charge is -2.29. The van der Waals surface area contributed by atoms with Crippen LogP contribution in [0.15, 0.2) is 48.5 Å². The number of amides is 2. The van der Waals surface area contributed by atoms with Crippen molar-refractivity contribution in [3.05, 3.63) is 65.2 Å². The van der Waals surface area contributed by atoms with Crippen molar-refractivity contribution in [2.75, 3.05) is 6.61 Å². The fourth-order valence-electron chi connectivity index (χ4n) is 3.22. The minimum absolute atomic E-state index is 0.0532. The van der Waals surface area contributed by atoms with Crippen molar-refractivity contribution in [3.8, 4) is 5.75 Å². The van der Waals surface area contributed by atoms with Gasteiger partial charge in [0.2, 0.25) is 5.91 Å². The second kappa shape index (κ2) is 11.2. The molecule has 2 rings (SSSR count). The van der Waals surface area contributed by atoms with Gasteiger partial charge in [0.25, 0.3) is 5.91 Å². The smallest absolute Gasteiger partial charge is 0.261 e. The molecule has 0 heterocycles. The number of ether oxygens (including phenoxy) is 1. The zero-order chi connectivity index (χ0) is 23.9. The zero-order valence-corrected chi connectivity index (χ0v) is 20.6. The van der Waals surface area contributed by atoms with Crippen molar-refractivity contribution in [1.82, 2.24) is 10.2 Å². The summed E-state index contributed by atoms with van der Waals surface area (Å²) in [5.74, 6) is 0.255. The van der Waals surface area contributed by atoms with Gasteiger partial charge in [-0.05, 0) is 55.9 Å². The minimum atomic E-state index is -0.607. The summed E-state index contributed by atoms with van der Waals surface area (Å²) < 4.78 is 5.78. The summed E-state index contributed by atoms with van der Waals surface area (Å²) >= 11 is 0. The van der Waals surface area contributed by atoms with E-state index in [0.717, 1.165) is 17.5 Å². The monoisotopic (exact) mass is 438 g/mol. The molecule has 174 valence electrons. The van der Waals surface area contributed by atoms with Crippen LogP contribution in [0.3, 0.4) is 0 Å². The molecule has 5 heteroatoms. The van der Waals surface area contributed by atoms with Crippen LogP contribution >= 0.6 is 0 Å². The largest absolute Gasteiger partial charge is 0.484 e. The van der Waals surface area contributed by atoms with Gasteiger partial charge in [-0.1, -0.05) is 69.7 Å². The maximum Gasteiger partial charge on any atom is 0.261 e. The molecule has 2 amide bonds. The first kappa shape index (κ1) is 25.4. The molecule has 0 saturated heterocycles. The van der Waals surface area contributed by atoms with Gasteiger partial charge in [0, 0.05) is 12.6 Å². The van der Waals surface area contributed by atoms with Crippen LogP contribution in [-0.4, -0.2) is 35.4 Å². The van der Waals surface area contributed by atoms with E-state index in [1.165, 1.54) is 5.56 Å². The van der Waals surface area contributed by atoms with E-state index in [0.29, 0.717) is 12.3 Å². The molecule has 0 radical (unpaired) electrons. The Morgan fingerprint density at radius 1 is 1.00 bits per heavy atom. The number of nitrogens with one attached hydrogen (secondary N) is 1. The van der Waals surface area contributed by atoms with Crippen molar-refractivity contribution in [3.63, 3.8) is 0 Å². The summed E-state index contributed by atoms with van der Waals surface area (Å²) in [4.78, 5) is 27.5. The van der Waals surface area contributed by atoms with Gasteiger partial charge in [-0.2, -0.15) is 0 Å². The lowest BCUT2D eigenvalue weighted by Crippen LogP contribution is -2.50. The molecule has 0 fully saturated rings. The molecule has 32 heavy (non-hydrogen) atoms. The lowest BCUT2D eigenvalue weighted by atomic mass is 9.87. The lowest BCUT2D eigenvalue weighted by molar-refractivity contribution is -0.142. The zero-order valence-electron chi connectivity index (χ0n) is 20.6. The van der Waals surface area contributed by atoms with Crippen LogP contribution in [0.2, 0.25) is 0 Å². The van der Waals surface area contributed by atoms with E-state index >= 15 is 0 Å². The molecule has 0 saturated carbocycles. The van der Waals surface area contributed by atoms with E-state index in [1.807, 2.05) is 69.3 Å². The number of nitrogens with zero attached hydrogens (tertiary/aromatic N) is 1. The number of rotatable bonds is 9. The van der Waals surface area contributed by atoms with Crippen LogP contribution in [-0.2, 0) is 21.5 Å². The molecule has 0 bridgehead atoms. The highest BCUT2D eigenvalue weighted by molar-refractivity contribution is 5.88. The summed E-state index contributed by atoms with van der Waals surface area (Å²) in [5.41, 5.74) is 3.38. The second-order valence-corrected chi connectivity index (χ2v) is 9.56. The van der Waals surface area contributed by atoms with Crippen molar-refractivity contribution < 1.29 is 14.3 Å². The Hall–Kier alpha value is -2.82. The molecular formula is C27H38N2O3. The molecule has 2 atom stereocenters. The molecule has 0 aromatic heterocycles. The van der Waals surface area contributed by atoms with E-state index in [2.05, 4.69) is 26.1 Å². The van der Waals surface area contributed by atoms with Gasteiger partial charge < -0.3 is 15.0 Å². The fourth-order valence-corrected chi connectivity index (χ4v) is 3.22. The van der Waals surface area contributed by atoms with Crippen LogP contribution in [0, 0.1) is 6.92 Å². The van der Waals surface area contributed by atoms with Gasteiger partial charge in [-0.25, -0.2) is 0 Å². The number of hydrogen-bond acceptors (Lipinski definition) is 3. The number of carbonyl (C=O) groups is 2. The first-order chi connectivity index (χ1) is 15.0. The van der Waals surface area contributed by atoms with Gasteiger partial charge in [0.05, 0.1) is 0 Å². The topological polar surface area (TPSA) is 58.6 Å². The Morgan fingerprint density at radius 3 is 2.12 bits per heavy atom. The molecular weight excluding hydrogens is 400 g/mol. The van der Waals surface area contributed by atoms with Crippen LogP contribution in [0.1, 0.15) is 64.7 Å². The highest BCUT2D eigenvalue weighted by Crippen LogP contribution is 2.24. The molecule has 5 nitrogen and oxygen atoms in total. The van der Waals surface area contributed by atoms with Crippen molar-refractivity contribution in [1.29, 1.82) is 0 Å². The molecule has 2 aromatic rings. The summed E-state index contributed by atoms with van der Waals surface area (Å²) in [6.07, 6.45) is 0.831. The Balaban J connectivity index is 2.13. The molecule has 0 aliphatic rings. The standard InChI is InChI=1S/C27H38N2O3/c1-8-20(3)28-26(31)21(4)29(17-22-11-9-19(2)10-12-22)25(30)18-32-24-15-13-23(14-16-24)27(5,6)7/h9-16,20-21H,8,17-18H2,1-7H3,(H,28,31)/t20-,21+/m1/s1. The molecule has 0 unspecified atom stereocenters. The Morgan fingerprint density at radius 2 is 1.59 bits per heavy atom. The quantitative estimate of drug-likeness (QED) is 0.599. The molecule has 2 aromatic carbocycles. The maximum absolute atomic E-state index is 13.1. The molecule has 0 aliphatic carbocycles. The average molecular weight is 439 g/mol. The summed E-state index contributed by atoms with van der Waals surface area (Å²) in [6.45, 7) is 14.5. The molecule has 0 aliphatic heterocycles. The van der Waals surface area contributed by atoms with Gasteiger partial charge in [-0.15, -0.1) is 0 Å². The SMILES string of the molecule is CC[C@@H](C)NC(=O)[C@H](C)N(Cc1ccc(C)cc1)C(=O)COc1ccc(C(C)(C)C)cc1. The maximum atomic E-state index is 13.1. The van der Waals surface area contributed by atoms with Crippen LogP contribution in [0.25, 0.3) is 0 Å². The first-order valence-electron chi connectivity index (χ1n) is 11.4. The van der Waals surface area contributed by atoms with E-state index in [-0.39, 0.29) is 29.9 Å². The van der Waals surface area contributed by atoms with Crippen LogP contribution < -0.4 is 10.1 Å². The normalized spacial score (nSPS) is 13.2. The highest BCUT2D eigenvalue weighted by Gasteiger charge is 2.27.